The van der Waals surface area contributed by atoms with Gasteiger partial charge in [-0.25, -0.2) is 13.8 Å². The molecule has 156 valence electrons. The molecule has 2 aliphatic rings. The summed E-state index contributed by atoms with van der Waals surface area (Å²) in [6.07, 6.45) is 8.23. The van der Waals surface area contributed by atoms with Crippen LogP contribution in [0.15, 0.2) is 77.3 Å². The van der Waals surface area contributed by atoms with Crippen molar-refractivity contribution in [3.05, 3.63) is 99.9 Å². The van der Waals surface area contributed by atoms with Crippen LogP contribution in [0.4, 0.5) is 8.78 Å². The van der Waals surface area contributed by atoms with E-state index < -0.39 is 17.2 Å². The number of rotatable bonds is 2. The largest absolute Gasteiger partial charge is 0.485 e. The number of allylic oxidation sites excluding steroid dienone is 6. The Balaban J connectivity index is 1.86. The van der Waals surface area contributed by atoms with Gasteiger partial charge in [0.05, 0.1) is 29.8 Å². The van der Waals surface area contributed by atoms with E-state index in [2.05, 4.69) is 9.97 Å². The van der Waals surface area contributed by atoms with Crippen LogP contribution in [0, 0.1) is 17.1 Å². The van der Waals surface area contributed by atoms with E-state index in [0.29, 0.717) is 28.2 Å². The first kappa shape index (κ1) is 19.6. The number of halogens is 2. The third-order valence-corrected chi connectivity index (χ3v) is 5.28. The normalized spacial score (nSPS) is 14.6. The molecule has 3 aromatic heterocycles. The monoisotopic (exact) mass is 428 g/mol. The summed E-state index contributed by atoms with van der Waals surface area (Å²) in [4.78, 5) is 22.0. The minimum absolute atomic E-state index is 0.00799. The predicted octanol–water partition coefficient (Wildman–Crippen LogP) is 4.42. The van der Waals surface area contributed by atoms with E-state index in [-0.39, 0.29) is 29.9 Å². The molecule has 5 rings (SSSR count). The molecule has 32 heavy (non-hydrogen) atoms. The van der Waals surface area contributed by atoms with Crippen LogP contribution >= 0.6 is 0 Å². The Hall–Kier alpha value is -4.38. The lowest BCUT2D eigenvalue weighted by Gasteiger charge is -2.24. The molecule has 3 aromatic rings. The number of aromatic nitrogens is 3. The van der Waals surface area contributed by atoms with Crippen LogP contribution in [-0.2, 0) is 6.61 Å². The molecular formula is C24H14F2N4O2. The Bertz CT molecular complexity index is 1450. The van der Waals surface area contributed by atoms with E-state index in [0.717, 1.165) is 6.20 Å². The highest BCUT2D eigenvalue weighted by Crippen LogP contribution is 2.38. The van der Waals surface area contributed by atoms with Crippen LogP contribution in [0.25, 0.3) is 22.5 Å². The molecule has 4 heterocycles. The Kier molecular flexibility index (Phi) is 4.71. The van der Waals surface area contributed by atoms with Crippen molar-refractivity contribution in [1.29, 1.82) is 5.26 Å². The molecule has 1 aliphatic heterocycles. The van der Waals surface area contributed by atoms with Crippen molar-refractivity contribution in [2.24, 2.45) is 0 Å². The molecular weight excluding hydrogens is 414 g/mol. The summed E-state index contributed by atoms with van der Waals surface area (Å²) in [5.74, 6) is -0.775. The second-order valence-corrected chi connectivity index (χ2v) is 7.21. The van der Waals surface area contributed by atoms with E-state index in [1.165, 1.54) is 29.0 Å². The molecule has 0 saturated heterocycles. The molecule has 0 saturated carbocycles. The summed E-state index contributed by atoms with van der Waals surface area (Å²) in [5, 5.41) is 9.64. The van der Waals surface area contributed by atoms with Crippen LogP contribution in [0.1, 0.15) is 17.7 Å². The molecule has 0 bridgehead atoms. The zero-order valence-electron chi connectivity index (χ0n) is 16.5. The summed E-state index contributed by atoms with van der Waals surface area (Å²) in [7, 11) is 0. The van der Waals surface area contributed by atoms with Gasteiger partial charge in [-0.1, -0.05) is 12.2 Å². The van der Waals surface area contributed by atoms with Crippen molar-refractivity contribution in [3.8, 4) is 28.8 Å². The number of pyridine rings is 3. The molecule has 8 heteroatoms. The zero-order chi connectivity index (χ0) is 22.2. The van der Waals surface area contributed by atoms with Gasteiger partial charge >= 0.3 is 0 Å². The van der Waals surface area contributed by atoms with Gasteiger partial charge in [0.25, 0.3) is 5.56 Å². The maximum absolute atomic E-state index is 14.0. The number of ether oxygens (including phenoxy) is 1. The summed E-state index contributed by atoms with van der Waals surface area (Å²) in [6, 6.07) is 8.26. The van der Waals surface area contributed by atoms with Gasteiger partial charge in [0.2, 0.25) is 0 Å². The molecule has 0 aromatic carbocycles. The van der Waals surface area contributed by atoms with Gasteiger partial charge in [-0.15, -0.1) is 0 Å². The predicted molar refractivity (Wildman–Crippen MR) is 113 cm³/mol. The third kappa shape index (κ3) is 3.20. The van der Waals surface area contributed by atoms with Gasteiger partial charge < -0.3 is 4.74 Å². The van der Waals surface area contributed by atoms with Crippen molar-refractivity contribution in [1.82, 2.24) is 14.5 Å². The highest BCUT2D eigenvalue weighted by Gasteiger charge is 2.27. The fourth-order valence-corrected chi connectivity index (χ4v) is 3.86. The molecule has 0 N–H and O–H groups in total. The van der Waals surface area contributed by atoms with Crippen molar-refractivity contribution >= 4 is 5.57 Å². The number of nitriles is 1. The first-order valence-electron chi connectivity index (χ1n) is 9.71. The highest BCUT2D eigenvalue weighted by molar-refractivity contribution is 5.83. The molecule has 0 unspecified atom stereocenters. The topological polar surface area (TPSA) is 80.8 Å². The lowest BCUT2D eigenvalue weighted by Crippen LogP contribution is -2.28. The minimum atomic E-state index is -0.546. The average molecular weight is 428 g/mol. The quantitative estimate of drug-likeness (QED) is 0.604. The van der Waals surface area contributed by atoms with Crippen LogP contribution < -0.4 is 10.3 Å². The first-order valence-corrected chi connectivity index (χ1v) is 9.71. The van der Waals surface area contributed by atoms with Gasteiger partial charge in [-0.2, -0.15) is 5.26 Å². The first-order chi connectivity index (χ1) is 15.6. The summed E-state index contributed by atoms with van der Waals surface area (Å²) in [5.41, 5.74) is 2.15. The Morgan fingerprint density at radius 1 is 1.19 bits per heavy atom. The number of hydrogen-bond donors (Lipinski definition) is 0. The van der Waals surface area contributed by atoms with Crippen LogP contribution in [0.2, 0.25) is 0 Å². The smallest absolute Gasteiger partial charge is 0.263 e. The van der Waals surface area contributed by atoms with Crippen LogP contribution in [0.3, 0.4) is 0 Å². The van der Waals surface area contributed by atoms with Crippen LogP contribution in [-0.4, -0.2) is 14.5 Å². The number of fused-ring (bicyclic) bond motifs is 3. The maximum Gasteiger partial charge on any atom is 0.263 e. The summed E-state index contributed by atoms with van der Waals surface area (Å²) in [6.45, 7) is 0.00799. The SMILES string of the molecule is N#CC1=C(c2cc3c(n(-c4cccnc4)c2=O)COc2cc(F)cnc2-3)C=CC=C(F)C1. The van der Waals surface area contributed by atoms with Gasteiger partial charge in [0.1, 0.15) is 29.7 Å². The van der Waals surface area contributed by atoms with Gasteiger partial charge in [-0.05, 0) is 24.3 Å². The summed E-state index contributed by atoms with van der Waals surface area (Å²) < 4.78 is 34.9. The Morgan fingerprint density at radius 2 is 2.06 bits per heavy atom. The lowest BCUT2D eigenvalue weighted by molar-refractivity contribution is 0.290. The van der Waals surface area contributed by atoms with Gasteiger partial charge in [-0.3, -0.25) is 14.3 Å². The van der Waals surface area contributed by atoms with E-state index >= 15 is 0 Å². The minimum Gasteiger partial charge on any atom is -0.485 e. The van der Waals surface area contributed by atoms with Gasteiger partial charge in [0.15, 0.2) is 0 Å². The van der Waals surface area contributed by atoms with E-state index in [4.69, 9.17) is 4.74 Å². The molecule has 0 amide bonds. The van der Waals surface area contributed by atoms with E-state index in [9.17, 15) is 18.8 Å². The average Bonchev–Trinajstić information content (AvgIpc) is 2.99. The standard InChI is InChI=1S/C24H14F2N4O2/c25-15-3-1-5-18(14(7-15)10-27)19-9-20-21(13-32-22-8-16(26)11-29-23(20)22)30(24(19)31)17-4-2-6-28-12-17/h1-6,8-9,11-12H,7,13H2. The Labute approximate surface area is 181 Å². The number of nitrogens with zero attached hydrogens (tertiary/aromatic N) is 4. The van der Waals surface area contributed by atoms with Crippen LogP contribution in [0.5, 0.6) is 5.75 Å². The molecule has 0 fully saturated rings. The molecule has 0 atom stereocenters. The molecule has 1 aliphatic carbocycles. The van der Waals surface area contributed by atoms with Crippen molar-refractivity contribution in [2.45, 2.75) is 13.0 Å². The fourth-order valence-electron chi connectivity index (χ4n) is 3.86. The molecule has 0 radical (unpaired) electrons. The van der Waals surface area contributed by atoms with Crippen molar-refractivity contribution in [2.75, 3.05) is 0 Å². The lowest BCUT2D eigenvalue weighted by atomic mass is 9.95. The second kappa shape index (κ2) is 7.71. The summed E-state index contributed by atoms with van der Waals surface area (Å²) >= 11 is 0. The zero-order valence-corrected chi connectivity index (χ0v) is 16.5. The highest BCUT2D eigenvalue weighted by atomic mass is 19.1. The Morgan fingerprint density at radius 3 is 2.84 bits per heavy atom. The van der Waals surface area contributed by atoms with Crippen molar-refractivity contribution in [3.63, 3.8) is 0 Å². The fraction of sp³-hybridized carbons (Fsp3) is 0.0833. The third-order valence-electron chi connectivity index (χ3n) is 5.28. The van der Waals surface area contributed by atoms with E-state index in [1.54, 1.807) is 30.5 Å². The second-order valence-electron chi connectivity index (χ2n) is 7.21. The maximum atomic E-state index is 14.0. The van der Waals surface area contributed by atoms with E-state index in [1.807, 2.05) is 6.07 Å². The van der Waals surface area contributed by atoms with Gasteiger partial charge in [0, 0.05) is 41.0 Å². The molecule has 6 nitrogen and oxygen atoms in total. The number of hydrogen-bond acceptors (Lipinski definition) is 5. The molecule has 0 spiro atoms. The van der Waals surface area contributed by atoms with Crippen molar-refractivity contribution < 1.29 is 13.5 Å².